The van der Waals surface area contributed by atoms with E-state index in [0.717, 1.165) is 17.8 Å². The molecule has 0 saturated heterocycles. The van der Waals surface area contributed by atoms with Crippen LogP contribution in [0.5, 0.6) is 0 Å². The normalized spacial score (nSPS) is 17.1. The number of rotatable bonds is 5. The molecule has 1 aliphatic rings. The van der Waals surface area contributed by atoms with Gasteiger partial charge in [-0.25, -0.2) is 0 Å². The first-order chi connectivity index (χ1) is 8.94. The molecule has 0 atom stereocenters. The average molecular weight is 263 g/mol. The molecule has 0 aliphatic heterocycles. The van der Waals surface area contributed by atoms with Gasteiger partial charge in [0, 0.05) is 29.9 Å². The fourth-order valence-electron chi connectivity index (χ4n) is 2.54. The topological polar surface area (TPSA) is 58.4 Å². The van der Waals surface area contributed by atoms with Crippen LogP contribution in [0.15, 0.2) is 18.2 Å². The molecule has 104 valence electrons. The van der Waals surface area contributed by atoms with E-state index < -0.39 is 0 Å². The van der Waals surface area contributed by atoms with E-state index in [1.165, 1.54) is 19.3 Å². The van der Waals surface area contributed by atoms with Crippen molar-refractivity contribution in [1.29, 1.82) is 0 Å². The summed E-state index contributed by atoms with van der Waals surface area (Å²) in [4.78, 5) is 12.7. The van der Waals surface area contributed by atoms with E-state index in [1.54, 1.807) is 18.2 Å². The van der Waals surface area contributed by atoms with Crippen molar-refractivity contribution >= 4 is 11.4 Å². The van der Waals surface area contributed by atoms with Gasteiger partial charge >= 0.3 is 0 Å². The zero-order valence-corrected chi connectivity index (χ0v) is 11.8. The van der Waals surface area contributed by atoms with E-state index in [4.69, 9.17) is 0 Å². The van der Waals surface area contributed by atoms with Crippen molar-refractivity contribution in [2.75, 3.05) is 26.0 Å². The van der Waals surface area contributed by atoms with E-state index in [0.29, 0.717) is 0 Å². The van der Waals surface area contributed by atoms with E-state index in [-0.39, 0.29) is 16.1 Å². The van der Waals surface area contributed by atoms with Crippen molar-refractivity contribution in [3.8, 4) is 0 Å². The van der Waals surface area contributed by atoms with Crippen LogP contribution in [0.3, 0.4) is 0 Å². The summed E-state index contributed by atoms with van der Waals surface area (Å²) in [5, 5.41) is 14.2. The maximum Gasteiger partial charge on any atom is 0.271 e. The average Bonchev–Trinajstić information content (AvgIpc) is 2.29. The molecule has 1 saturated carbocycles. The zero-order chi connectivity index (χ0) is 14.0. The Kier molecular flexibility index (Phi) is 3.75. The molecule has 1 aromatic carbocycles. The van der Waals surface area contributed by atoms with Crippen LogP contribution in [0.2, 0.25) is 0 Å². The molecule has 0 spiro atoms. The number of hydrogen-bond donors (Lipinski definition) is 1. The number of nitrogens with zero attached hydrogens (tertiary/aromatic N) is 2. The highest BCUT2D eigenvalue weighted by Crippen LogP contribution is 2.36. The first kappa shape index (κ1) is 13.8. The van der Waals surface area contributed by atoms with E-state index in [2.05, 4.69) is 24.3 Å². The molecule has 0 amide bonds. The lowest BCUT2D eigenvalue weighted by Crippen LogP contribution is -2.54. The molecule has 0 radical (unpaired) electrons. The van der Waals surface area contributed by atoms with Crippen LogP contribution in [0, 0.1) is 17.0 Å². The summed E-state index contributed by atoms with van der Waals surface area (Å²) in [5.41, 5.74) is 2.25. The largest absolute Gasteiger partial charge is 0.383 e. The van der Waals surface area contributed by atoms with Crippen LogP contribution in [-0.2, 0) is 0 Å². The molecular formula is C14H21N3O2. The molecule has 1 N–H and O–H groups in total. The Morgan fingerprint density at radius 3 is 2.58 bits per heavy atom. The number of nitrogens with one attached hydrogen (secondary N) is 1. The third-order valence-corrected chi connectivity index (χ3v) is 4.27. The summed E-state index contributed by atoms with van der Waals surface area (Å²) in [6, 6.07) is 4.96. The third kappa shape index (κ3) is 2.71. The van der Waals surface area contributed by atoms with Gasteiger partial charge in [-0.15, -0.1) is 0 Å². The lowest BCUT2D eigenvalue weighted by molar-refractivity contribution is -0.384. The van der Waals surface area contributed by atoms with Crippen molar-refractivity contribution in [1.82, 2.24) is 4.90 Å². The molecule has 1 fully saturated rings. The monoisotopic (exact) mass is 263 g/mol. The number of anilines is 1. The number of nitro groups is 1. The number of nitro benzene ring substituents is 1. The zero-order valence-electron chi connectivity index (χ0n) is 11.8. The summed E-state index contributed by atoms with van der Waals surface area (Å²) in [5.74, 6) is 0. The van der Waals surface area contributed by atoms with Gasteiger partial charge < -0.3 is 10.2 Å². The number of benzene rings is 1. The maximum atomic E-state index is 10.8. The summed E-state index contributed by atoms with van der Waals surface area (Å²) < 4.78 is 0. The van der Waals surface area contributed by atoms with Crippen LogP contribution < -0.4 is 5.32 Å². The Bertz CT molecular complexity index is 482. The highest BCUT2D eigenvalue weighted by Gasteiger charge is 2.38. The van der Waals surface area contributed by atoms with Crippen LogP contribution in [0.25, 0.3) is 0 Å². The Morgan fingerprint density at radius 1 is 1.42 bits per heavy atom. The van der Waals surface area contributed by atoms with Gasteiger partial charge in [0.1, 0.15) is 0 Å². The minimum Gasteiger partial charge on any atom is -0.383 e. The lowest BCUT2D eigenvalue weighted by Gasteiger charge is -2.47. The van der Waals surface area contributed by atoms with E-state index in [1.807, 2.05) is 6.92 Å². The maximum absolute atomic E-state index is 10.8. The SMILES string of the molecule is Cc1ccc([N+](=O)[O-])cc1NCC1(N(C)C)CCC1. The standard InChI is InChI=1S/C14H21N3O2/c1-11-5-6-12(17(18)19)9-13(11)15-10-14(16(2)3)7-4-8-14/h5-6,9,15H,4,7-8,10H2,1-3H3. The van der Waals surface area contributed by atoms with Gasteiger partial charge in [0.15, 0.2) is 0 Å². The molecule has 2 rings (SSSR count). The third-order valence-electron chi connectivity index (χ3n) is 4.27. The van der Waals surface area contributed by atoms with Gasteiger partial charge in [0.25, 0.3) is 5.69 Å². The summed E-state index contributed by atoms with van der Waals surface area (Å²) in [6.45, 7) is 2.80. The van der Waals surface area contributed by atoms with Crippen LogP contribution in [-0.4, -0.2) is 36.0 Å². The van der Waals surface area contributed by atoms with Crippen molar-refractivity contribution in [3.05, 3.63) is 33.9 Å². The first-order valence-corrected chi connectivity index (χ1v) is 6.61. The van der Waals surface area contributed by atoms with Gasteiger partial charge in [0.2, 0.25) is 0 Å². The summed E-state index contributed by atoms with van der Waals surface area (Å²) in [6.07, 6.45) is 3.62. The predicted molar refractivity (Wildman–Crippen MR) is 76.6 cm³/mol. The fourth-order valence-corrected chi connectivity index (χ4v) is 2.54. The second kappa shape index (κ2) is 5.17. The predicted octanol–water partition coefficient (Wildman–Crippen LogP) is 2.80. The fraction of sp³-hybridized carbons (Fsp3) is 0.571. The molecule has 19 heavy (non-hydrogen) atoms. The lowest BCUT2D eigenvalue weighted by atomic mass is 9.75. The Hall–Kier alpha value is -1.62. The Morgan fingerprint density at radius 2 is 2.11 bits per heavy atom. The van der Waals surface area contributed by atoms with Gasteiger partial charge in [-0.3, -0.25) is 10.1 Å². The van der Waals surface area contributed by atoms with Crippen LogP contribution >= 0.6 is 0 Å². The van der Waals surface area contributed by atoms with Crippen molar-refractivity contribution in [3.63, 3.8) is 0 Å². The van der Waals surface area contributed by atoms with Gasteiger partial charge in [-0.1, -0.05) is 6.07 Å². The summed E-state index contributed by atoms with van der Waals surface area (Å²) >= 11 is 0. The summed E-state index contributed by atoms with van der Waals surface area (Å²) in [7, 11) is 4.20. The van der Waals surface area contributed by atoms with Crippen molar-refractivity contribution < 1.29 is 4.92 Å². The van der Waals surface area contributed by atoms with Crippen LogP contribution in [0.1, 0.15) is 24.8 Å². The minimum absolute atomic E-state index is 0.139. The Balaban J connectivity index is 2.10. The molecule has 5 heteroatoms. The number of aryl methyl sites for hydroxylation is 1. The van der Waals surface area contributed by atoms with Crippen LogP contribution in [0.4, 0.5) is 11.4 Å². The second-order valence-corrected chi connectivity index (χ2v) is 5.58. The second-order valence-electron chi connectivity index (χ2n) is 5.58. The van der Waals surface area contributed by atoms with Gasteiger partial charge in [-0.05, 0) is 45.8 Å². The van der Waals surface area contributed by atoms with Gasteiger partial charge in [0.05, 0.1) is 4.92 Å². The molecule has 0 bridgehead atoms. The molecule has 0 aromatic heterocycles. The highest BCUT2D eigenvalue weighted by molar-refractivity contribution is 5.57. The first-order valence-electron chi connectivity index (χ1n) is 6.61. The molecular weight excluding hydrogens is 242 g/mol. The highest BCUT2D eigenvalue weighted by atomic mass is 16.6. The molecule has 5 nitrogen and oxygen atoms in total. The quantitative estimate of drug-likeness (QED) is 0.655. The van der Waals surface area contributed by atoms with Gasteiger partial charge in [-0.2, -0.15) is 0 Å². The Labute approximate surface area is 113 Å². The number of likely N-dealkylation sites (N-methyl/N-ethyl adjacent to an activating group) is 1. The molecule has 1 aromatic rings. The van der Waals surface area contributed by atoms with Crippen molar-refractivity contribution in [2.24, 2.45) is 0 Å². The molecule has 1 aliphatic carbocycles. The smallest absolute Gasteiger partial charge is 0.271 e. The number of non-ortho nitro benzene ring substituents is 1. The molecule has 0 unspecified atom stereocenters. The number of hydrogen-bond acceptors (Lipinski definition) is 4. The van der Waals surface area contributed by atoms with E-state index >= 15 is 0 Å². The molecule has 0 heterocycles. The van der Waals surface area contributed by atoms with E-state index in [9.17, 15) is 10.1 Å². The van der Waals surface area contributed by atoms with Crippen molar-refractivity contribution in [2.45, 2.75) is 31.7 Å². The minimum atomic E-state index is -0.352.